The van der Waals surface area contributed by atoms with Crippen molar-refractivity contribution in [1.82, 2.24) is 4.98 Å². The summed E-state index contributed by atoms with van der Waals surface area (Å²) in [5.74, 6) is -0.251. The number of rotatable bonds is 3. The van der Waals surface area contributed by atoms with Crippen LogP contribution < -0.4 is 4.90 Å². The molecule has 1 aromatic rings. The van der Waals surface area contributed by atoms with E-state index in [1.165, 1.54) is 7.11 Å². The molecule has 88 valence electrons. The second-order valence-corrected chi connectivity index (χ2v) is 4.31. The molecule has 1 saturated heterocycles. The summed E-state index contributed by atoms with van der Waals surface area (Å²) in [6.07, 6.45) is 0.247. The van der Waals surface area contributed by atoms with Crippen LogP contribution in [-0.2, 0) is 20.7 Å². The normalized spacial score (nSPS) is 16.2. The van der Waals surface area contributed by atoms with Crippen molar-refractivity contribution in [3.8, 4) is 0 Å². The molecule has 0 atom stereocenters. The zero-order valence-electron chi connectivity index (χ0n) is 9.14. The molecule has 2 heterocycles. The Hall–Kier alpha value is -1.14. The highest BCUT2D eigenvalue weighted by Crippen LogP contribution is 2.21. The molecule has 1 aliphatic heterocycles. The maximum atomic E-state index is 11.1. The topological polar surface area (TPSA) is 51.7 Å². The molecule has 6 heteroatoms. The zero-order chi connectivity index (χ0) is 11.4. The molecule has 2 rings (SSSR count). The van der Waals surface area contributed by atoms with E-state index < -0.39 is 0 Å². The third kappa shape index (κ3) is 2.70. The molecule has 0 aromatic carbocycles. The summed E-state index contributed by atoms with van der Waals surface area (Å²) in [6, 6.07) is 0. The molecule has 0 aliphatic carbocycles. The van der Waals surface area contributed by atoms with Crippen LogP contribution in [0.25, 0.3) is 0 Å². The highest BCUT2D eigenvalue weighted by Gasteiger charge is 2.15. The van der Waals surface area contributed by atoms with Crippen LogP contribution in [0.3, 0.4) is 0 Å². The van der Waals surface area contributed by atoms with Crippen molar-refractivity contribution in [2.75, 3.05) is 38.3 Å². The number of carbonyl (C=O) groups excluding carboxylic acids is 1. The fourth-order valence-corrected chi connectivity index (χ4v) is 2.38. The van der Waals surface area contributed by atoms with Gasteiger partial charge in [-0.15, -0.1) is 11.3 Å². The highest BCUT2D eigenvalue weighted by atomic mass is 32.1. The number of thiazole rings is 1. The molecule has 0 spiro atoms. The Morgan fingerprint density at radius 3 is 3.06 bits per heavy atom. The largest absolute Gasteiger partial charge is 0.469 e. The number of hydrogen-bond donors (Lipinski definition) is 0. The summed E-state index contributed by atoms with van der Waals surface area (Å²) in [7, 11) is 1.39. The lowest BCUT2D eigenvalue weighted by molar-refractivity contribution is -0.139. The number of carbonyl (C=O) groups is 1. The average Bonchev–Trinajstić information content (AvgIpc) is 2.78. The Morgan fingerprint density at radius 1 is 1.62 bits per heavy atom. The van der Waals surface area contributed by atoms with Gasteiger partial charge in [0.2, 0.25) is 0 Å². The lowest BCUT2D eigenvalue weighted by atomic mass is 10.3. The van der Waals surface area contributed by atoms with Gasteiger partial charge in [0.1, 0.15) is 0 Å². The summed E-state index contributed by atoms with van der Waals surface area (Å²) in [5.41, 5.74) is 0.776. The molecule has 0 amide bonds. The first-order valence-corrected chi connectivity index (χ1v) is 6.01. The van der Waals surface area contributed by atoms with Crippen molar-refractivity contribution in [1.29, 1.82) is 0 Å². The first kappa shape index (κ1) is 11.3. The van der Waals surface area contributed by atoms with Gasteiger partial charge in [0.25, 0.3) is 0 Å². The monoisotopic (exact) mass is 242 g/mol. The first-order chi connectivity index (χ1) is 7.79. The van der Waals surface area contributed by atoms with E-state index >= 15 is 0 Å². The van der Waals surface area contributed by atoms with Crippen molar-refractivity contribution < 1.29 is 14.3 Å². The molecule has 1 aromatic heterocycles. The van der Waals surface area contributed by atoms with E-state index in [1.807, 2.05) is 5.38 Å². The van der Waals surface area contributed by atoms with E-state index in [2.05, 4.69) is 14.6 Å². The fourth-order valence-electron chi connectivity index (χ4n) is 1.50. The third-order valence-electron chi connectivity index (χ3n) is 2.37. The van der Waals surface area contributed by atoms with Crippen LogP contribution >= 0.6 is 11.3 Å². The van der Waals surface area contributed by atoms with E-state index in [-0.39, 0.29) is 12.4 Å². The van der Waals surface area contributed by atoms with Crippen LogP contribution in [0.4, 0.5) is 5.13 Å². The summed E-state index contributed by atoms with van der Waals surface area (Å²) in [5, 5.41) is 2.86. The van der Waals surface area contributed by atoms with Gasteiger partial charge in [-0.1, -0.05) is 0 Å². The Morgan fingerprint density at radius 2 is 2.38 bits per heavy atom. The number of hydrogen-bond acceptors (Lipinski definition) is 6. The van der Waals surface area contributed by atoms with Gasteiger partial charge in [0.15, 0.2) is 5.13 Å². The maximum absolute atomic E-state index is 11.1. The Bertz CT molecular complexity index is 361. The summed E-state index contributed by atoms with van der Waals surface area (Å²) < 4.78 is 9.87. The van der Waals surface area contributed by atoms with Crippen LogP contribution in [-0.4, -0.2) is 44.4 Å². The first-order valence-electron chi connectivity index (χ1n) is 5.13. The number of methoxy groups -OCH3 is 1. The van der Waals surface area contributed by atoms with Crippen molar-refractivity contribution >= 4 is 22.4 Å². The van der Waals surface area contributed by atoms with Crippen molar-refractivity contribution in [2.24, 2.45) is 0 Å². The second-order valence-electron chi connectivity index (χ2n) is 3.47. The highest BCUT2D eigenvalue weighted by molar-refractivity contribution is 7.13. The number of nitrogens with zero attached hydrogens (tertiary/aromatic N) is 2. The minimum absolute atomic E-state index is 0.247. The van der Waals surface area contributed by atoms with Gasteiger partial charge in [-0.2, -0.15) is 0 Å². The number of aromatic nitrogens is 1. The van der Waals surface area contributed by atoms with Crippen LogP contribution in [0.2, 0.25) is 0 Å². The van der Waals surface area contributed by atoms with Crippen molar-refractivity contribution in [2.45, 2.75) is 6.42 Å². The van der Waals surface area contributed by atoms with Gasteiger partial charge in [0.05, 0.1) is 32.4 Å². The Balaban J connectivity index is 1.98. The summed E-state index contributed by atoms with van der Waals surface area (Å²) in [4.78, 5) is 17.7. The van der Waals surface area contributed by atoms with Crippen LogP contribution in [0.1, 0.15) is 5.69 Å². The maximum Gasteiger partial charge on any atom is 0.311 e. The predicted octanol–water partition coefficient (Wildman–Crippen LogP) is 0.695. The molecule has 0 radical (unpaired) electrons. The van der Waals surface area contributed by atoms with Gasteiger partial charge in [-0.25, -0.2) is 4.98 Å². The van der Waals surface area contributed by atoms with Gasteiger partial charge in [0, 0.05) is 18.5 Å². The molecule has 0 saturated carbocycles. The van der Waals surface area contributed by atoms with E-state index in [0.29, 0.717) is 0 Å². The third-order valence-corrected chi connectivity index (χ3v) is 3.32. The SMILES string of the molecule is COC(=O)Cc1csc(N2CCOCC2)n1. The quantitative estimate of drug-likeness (QED) is 0.730. The number of morpholine rings is 1. The molecule has 16 heavy (non-hydrogen) atoms. The van der Waals surface area contributed by atoms with Crippen LogP contribution in [0, 0.1) is 0 Å². The van der Waals surface area contributed by atoms with Crippen molar-refractivity contribution in [3.05, 3.63) is 11.1 Å². The summed E-state index contributed by atoms with van der Waals surface area (Å²) >= 11 is 1.56. The van der Waals surface area contributed by atoms with E-state index in [4.69, 9.17) is 4.74 Å². The lowest BCUT2D eigenvalue weighted by Gasteiger charge is -2.25. The summed E-state index contributed by atoms with van der Waals surface area (Å²) in [6.45, 7) is 3.22. The lowest BCUT2D eigenvalue weighted by Crippen LogP contribution is -2.36. The molecule has 5 nitrogen and oxygen atoms in total. The molecule has 1 fully saturated rings. The second kappa shape index (κ2) is 5.27. The molecular formula is C10H14N2O3S. The standard InChI is InChI=1S/C10H14N2O3S/c1-14-9(13)6-8-7-16-10(11-8)12-2-4-15-5-3-12/h7H,2-6H2,1H3. The van der Waals surface area contributed by atoms with Crippen LogP contribution in [0.5, 0.6) is 0 Å². The van der Waals surface area contributed by atoms with Gasteiger partial charge < -0.3 is 14.4 Å². The van der Waals surface area contributed by atoms with Crippen molar-refractivity contribution in [3.63, 3.8) is 0 Å². The molecular weight excluding hydrogens is 228 g/mol. The number of esters is 1. The van der Waals surface area contributed by atoms with E-state index in [9.17, 15) is 4.79 Å². The van der Waals surface area contributed by atoms with E-state index in [1.54, 1.807) is 11.3 Å². The Labute approximate surface area is 98.0 Å². The molecule has 0 unspecified atom stereocenters. The minimum atomic E-state index is -0.251. The molecule has 0 bridgehead atoms. The molecule has 0 N–H and O–H groups in total. The zero-order valence-corrected chi connectivity index (χ0v) is 9.96. The number of anilines is 1. The average molecular weight is 242 g/mol. The van der Waals surface area contributed by atoms with Gasteiger partial charge in [-0.3, -0.25) is 4.79 Å². The predicted molar refractivity (Wildman–Crippen MR) is 60.9 cm³/mol. The smallest absolute Gasteiger partial charge is 0.311 e. The minimum Gasteiger partial charge on any atom is -0.469 e. The van der Waals surface area contributed by atoms with E-state index in [0.717, 1.165) is 37.1 Å². The number of ether oxygens (including phenoxy) is 2. The van der Waals surface area contributed by atoms with Gasteiger partial charge in [-0.05, 0) is 0 Å². The Kier molecular flexibility index (Phi) is 3.74. The molecule has 1 aliphatic rings. The fraction of sp³-hybridized carbons (Fsp3) is 0.600. The van der Waals surface area contributed by atoms with Gasteiger partial charge >= 0.3 is 5.97 Å². The van der Waals surface area contributed by atoms with Crippen LogP contribution in [0.15, 0.2) is 5.38 Å².